The summed E-state index contributed by atoms with van der Waals surface area (Å²) in [7, 11) is 0. The van der Waals surface area contributed by atoms with Gasteiger partial charge < -0.3 is 14.9 Å². The Morgan fingerprint density at radius 2 is 2.00 bits per heavy atom. The monoisotopic (exact) mass is 132 g/mol. The minimum absolute atomic E-state index is 0.0104. The molecule has 0 amide bonds. The fourth-order valence-electron chi connectivity index (χ4n) is 1.09. The van der Waals surface area contributed by atoms with Crippen LogP contribution in [-0.2, 0) is 4.74 Å². The molecule has 1 fully saturated rings. The Bertz CT molecular complexity index is 69.3. The normalized spacial score (nSPS) is 45.0. The van der Waals surface area contributed by atoms with Crippen LogP contribution in [0.25, 0.3) is 0 Å². The molecule has 0 aromatic carbocycles. The zero-order valence-electron chi connectivity index (χ0n) is 5.45. The van der Waals surface area contributed by atoms with Gasteiger partial charge in [0, 0.05) is 6.42 Å². The third kappa shape index (κ3) is 1.93. The van der Waals surface area contributed by atoms with Crippen LogP contribution in [0.2, 0.25) is 0 Å². The van der Waals surface area contributed by atoms with E-state index in [1.54, 1.807) is 0 Å². The molecule has 0 unspecified atom stereocenters. The van der Waals surface area contributed by atoms with E-state index in [1.807, 2.05) is 6.92 Å². The van der Waals surface area contributed by atoms with Crippen LogP contribution in [0.1, 0.15) is 19.8 Å². The van der Waals surface area contributed by atoms with Crippen molar-refractivity contribution in [2.45, 2.75) is 38.3 Å². The van der Waals surface area contributed by atoms with E-state index in [9.17, 15) is 0 Å². The van der Waals surface area contributed by atoms with Gasteiger partial charge in [-0.2, -0.15) is 0 Å². The highest BCUT2D eigenvalue weighted by Gasteiger charge is 2.23. The Kier molecular flexibility index (Phi) is 2.05. The number of hydrogen-bond donors (Lipinski definition) is 2. The Morgan fingerprint density at radius 1 is 1.33 bits per heavy atom. The van der Waals surface area contributed by atoms with Gasteiger partial charge in [-0.25, -0.2) is 0 Å². The van der Waals surface area contributed by atoms with Crippen LogP contribution in [0.3, 0.4) is 0 Å². The van der Waals surface area contributed by atoms with E-state index in [0.29, 0.717) is 12.8 Å². The number of aliphatic hydroxyl groups excluding tert-OH is 2. The second-order valence-electron chi connectivity index (χ2n) is 2.53. The van der Waals surface area contributed by atoms with Crippen LogP contribution in [0.15, 0.2) is 0 Å². The lowest BCUT2D eigenvalue weighted by molar-refractivity contribution is -0.183. The molecule has 0 saturated carbocycles. The van der Waals surface area contributed by atoms with Gasteiger partial charge in [-0.05, 0) is 13.3 Å². The molecule has 0 spiro atoms. The van der Waals surface area contributed by atoms with Gasteiger partial charge in [0.2, 0.25) is 0 Å². The highest BCUT2D eigenvalue weighted by atomic mass is 16.6. The third-order valence-electron chi connectivity index (χ3n) is 1.47. The highest BCUT2D eigenvalue weighted by molar-refractivity contribution is 4.68. The molecule has 2 N–H and O–H groups in total. The lowest BCUT2D eigenvalue weighted by Crippen LogP contribution is -2.33. The summed E-state index contributed by atoms with van der Waals surface area (Å²) in [6, 6.07) is 0. The molecule has 1 rings (SSSR count). The SMILES string of the molecule is C[C@@H]1C[C@H](O)C[C@@H](O)O1. The summed E-state index contributed by atoms with van der Waals surface area (Å²) >= 11 is 0. The molecule has 3 atom stereocenters. The topological polar surface area (TPSA) is 49.7 Å². The van der Waals surface area contributed by atoms with Gasteiger partial charge in [0.15, 0.2) is 6.29 Å². The van der Waals surface area contributed by atoms with Gasteiger partial charge in [-0.1, -0.05) is 0 Å². The van der Waals surface area contributed by atoms with Gasteiger partial charge in [0.25, 0.3) is 0 Å². The van der Waals surface area contributed by atoms with Crippen molar-refractivity contribution in [3.8, 4) is 0 Å². The van der Waals surface area contributed by atoms with Crippen LogP contribution in [0, 0.1) is 0 Å². The average molecular weight is 132 g/mol. The predicted molar refractivity (Wildman–Crippen MR) is 31.8 cm³/mol. The van der Waals surface area contributed by atoms with E-state index < -0.39 is 6.29 Å². The van der Waals surface area contributed by atoms with E-state index in [-0.39, 0.29) is 12.2 Å². The molecular formula is C6H12O3. The van der Waals surface area contributed by atoms with E-state index in [0.717, 1.165) is 0 Å². The van der Waals surface area contributed by atoms with Crippen molar-refractivity contribution in [3.63, 3.8) is 0 Å². The molecular weight excluding hydrogens is 120 g/mol. The lowest BCUT2D eigenvalue weighted by atomic mass is 10.1. The molecule has 1 heterocycles. The molecule has 54 valence electrons. The van der Waals surface area contributed by atoms with Crippen LogP contribution < -0.4 is 0 Å². The molecule has 3 nitrogen and oxygen atoms in total. The average Bonchev–Trinajstić information content (AvgIpc) is 1.59. The minimum atomic E-state index is -0.760. The van der Waals surface area contributed by atoms with Gasteiger partial charge in [-0.3, -0.25) is 0 Å². The Balaban J connectivity index is 2.34. The zero-order valence-corrected chi connectivity index (χ0v) is 5.45. The van der Waals surface area contributed by atoms with Crippen molar-refractivity contribution in [2.24, 2.45) is 0 Å². The van der Waals surface area contributed by atoms with E-state index in [2.05, 4.69) is 0 Å². The standard InChI is InChI=1S/C6H12O3/c1-4-2-5(7)3-6(8)9-4/h4-8H,2-3H2,1H3/t4-,5+,6+/m1/s1. The summed E-state index contributed by atoms with van der Waals surface area (Å²) in [6.07, 6.45) is -0.169. The summed E-state index contributed by atoms with van der Waals surface area (Å²) < 4.78 is 4.95. The predicted octanol–water partition coefficient (Wildman–Crippen LogP) is -0.135. The lowest BCUT2D eigenvalue weighted by Gasteiger charge is -2.27. The highest BCUT2D eigenvalue weighted by Crippen LogP contribution is 2.16. The summed E-state index contributed by atoms with van der Waals surface area (Å²) in [4.78, 5) is 0. The smallest absolute Gasteiger partial charge is 0.157 e. The summed E-state index contributed by atoms with van der Waals surface area (Å²) in [6.45, 7) is 1.84. The van der Waals surface area contributed by atoms with Crippen LogP contribution in [-0.4, -0.2) is 28.7 Å². The third-order valence-corrected chi connectivity index (χ3v) is 1.47. The minimum Gasteiger partial charge on any atom is -0.393 e. The largest absolute Gasteiger partial charge is 0.393 e. The van der Waals surface area contributed by atoms with Crippen LogP contribution >= 0.6 is 0 Å². The molecule has 0 bridgehead atoms. The second kappa shape index (κ2) is 2.64. The number of hydrogen-bond acceptors (Lipinski definition) is 3. The van der Waals surface area contributed by atoms with Crippen molar-refractivity contribution in [3.05, 3.63) is 0 Å². The first-order valence-electron chi connectivity index (χ1n) is 3.20. The Morgan fingerprint density at radius 3 is 2.44 bits per heavy atom. The Labute approximate surface area is 54.3 Å². The molecule has 1 saturated heterocycles. The number of rotatable bonds is 0. The fraction of sp³-hybridized carbons (Fsp3) is 1.00. The maximum Gasteiger partial charge on any atom is 0.157 e. The van der Waals surface area contributed by atoms with Crippen LogP contribution in [0.4, 0.5) is 0 Å². The molecule has 1 aliphatic heterocycles. The van der Waals surface area contributed by atoms with Crippen LogP contribution in [0.5, 0.6) is 0 Å². The molecule has 9 heavy (non-hydrogen) atoms. The second-order valence-corrected chi connectivity index (χ2v) is 2.53. The molecule has 0 aromatic heterocycles. The van der Waals surface area contributed by atoms with Crippen molar-refractivity contribution in [1.82, 2.24) is 0 Å². The first-order valence-corrected chi connectivity index (χ1v) is 3.20. The summed E-state index contributed by atoms with van der Waals surface area (Å²) in [5.41, 5.74) is 0. The molecule has 3 heteroatoms. The van der Waals surface area contributed by atoms with E-state index >= 15 is 0 Å². The molecule has 0 aliphatic carbocycles. The van der Waals surface area contributed by atoms with Crippen molar-refractivity contribution in [2.75, 3.05) is 0 Å². The maximum absolute atomic E-state index is 9.01. The van der Waals surface area contributed by atoms with Crippen molar-refractivity contribution in [1.29, 1.82) is 0 Å². The number of ether oxygens (including phenoxy) is 1. The maximum atomic E-state index is 9.01. The summed E-state index contributed by atoms with van der Waals surface area (Å²) in [5.74, 6) is 0. The Hall–Kier alpha value is -0.120. The molecule has 1 aliphatic rings. The molecule has 0 radical (unpaired) electrons. The van der Waals surface area contributed by atoms with Crippen molar-refractivity contribution < 1.29 is 14.9 Å². The van der Waals surface area contributed by atoms with E-state index in [1.165, 1.54) is 0 Å². The van der Waals surface area contributed by atoms with Gasteiger partial charge in [-0.15, -0.1) is 0 Å². The van der Waals surface area contributed by atoms with Gasteiger partial charge in [0.1, 0.15) is 0 Å². The van der Waals surface area contributed by atoms with E-state index in [4.69, 9.17) is 14.9 Å². The fourth-order valence-corrected chi connectivity index (χ4v) is 1.09. The number of aliphatic hydroxyl groups is 2. The summed E-state index contributed by atoms with van der Waals surface area (Å²) in [5, 5.41) is 17.9. The molecule has 0 aromatic rings. The zero-order chi connectivity index (χ0) is 6.85. The van der Waals surface area contributed by atoms with Gasteiger partial charge >= 0.3 is 0 Å². The van der Waals surface area contributed by atoms with Gasteiger partial charge in [0.05, 0.1) is 12.2 Å². The first kappa shape index (κ1) is 6.99. The first-order chi connectivity index (χ1) is 4.18. The van der Waals surface area contributed by atoms with Crippen molar-refractivity contribution >= 4 is 0 Å². The quantitative estimate of drug-likeness (QED) is 0.482.